The molecule has 10 heteroatoms. The number of nitrogens with zero attached hydrogens (tertiary/aromatic N) is 4. The Morgan fingerprint density at radius 3 is 2.65 bits per heavy atom. The number of rotatable bonds is 4. The first-order chi connectivity index (χ1) is 10.7. The average molecular weight is 331 g/mol. The molecular weight excluding hydrogens is 318 g/mol. The van der Waals surface area contributed by atoms with E-state index >= 15 is 0 Å². The average Bonchev–Trinajstić information content (AvgIpc) is 2.99. The number of H-pyrrole nitrogens is 1. The lowest BCUT2D eigenvalue weighted by Gasteiger charge is -2.21. The van der Waals surface area contributed by atoms with E-state index in [1.807, 2.05) is 0 Å². The van der Waals surface area contributed by atoms with Crippen molar-refractivity contribution in [3.05, 3.63) is 41.0 Å². The third-order valence-electron chi connectivity index (χ3n) is 3.23. The Balaban J connectivity index is 2.20. The molecule has 1 atom stereocenters. The Labute approximate surface area is 128 Å². The number of hydrogen-bond donors (Lipinski definition) is 1. The van der Waals surface area contributed by atoms with Gasteiger partial charge in [-0.2, -0.15) is 18.4 Å². The van der Waals surface area contributed by atoms with Crippen LogP contribution in [0.1, 0.15) is 34.6 Å². The number of carbonyl (C=O) groups is 1. The molecule has 0 aliphatic carbocycles. The Morgan fingerprint density at radius 1 is 1.39 bits per heavy atom. The number of aromatic amines is 1. The van der Waals surface area contributed by atoms with Gasteiger partial charge >= 0.3 is 6.18 Å². The third-order valence-corrected chi connectivity index (χ3v) is 3.23. The molecule has 124 valence electrons. The van der Waals surface area contributed by atoms with Crippen molar-refractivity contribution in [3.63, 3.8) is 0 Å². The fraction of sp³-hybridized carbons (Fsp3) is 0.385. The lowest BCUT2D eigenvalue weighted by atomic mass is 10.1. The summed E-state index contributed by atoms with van der Waals surface area (Å²) in [5, 5.41) is 13.2. The van der Waals surface area contributed by atoms with Gasteiger partial charge in [-0.15, -0.1) is 10.2 Å². The molecule has 1 aromatic carbocycles. The topological polar surface area (TPSA) is 74.8 Å². The number of aromatic nitrogens is 4. The molecule has 1 aromatic heterocycles. The number of carbonyl (C=O) groups excluding carboxylic acids is 1. The van der Waals surface area contributed by atoms with Crippen LogP contribution in [0.5, 0.6) is 0 Å². The second-order valence-electron chi connectivity index (χ2n) is 5.02. The molecule has 1 heterocycles. The maximum Gasteiger partial charge on any atom is 0.419 e. The molecule has 0 saturated carbocycles. The fourth-order valence-corrected chi connectivity index (χ4v) is 2.08. The number of benzene rings is 1. The molecule has 0 fully saturated rings. The normalized spacial score (nSPS) is 13.0. The Kier molecular flexibility index (Phi) is 4.62. The molecule has 1 N–H and O–H groups in total. The summed E-state index contributed by atoms with van der Waals surface area (Å²) in [6, 6.07) is 2.60. The van der Waals surface area contributed by atoms with Gasteiger partial charge in [-0.25, -0.2) is 4.39 Å². The van der Waals surface area contributed by atoms with Crippen molar-refractivity contribution in [2.45, 2.75) is 19.0 Å². The van der Waals surface area contributed by atoms with Gasteiger partial charge in [0.05, 0.1) is 11.1 Å². The largest absolute Gasteiger partial charge is 0.419 e. The molecular formula is C13H13F4N5O. The highest BCUT2D eigenvalue weighted by molar-refractivity contribution is 5.94. The highest BCUT2D eigenvalue weighted by atomic mass is 19.4. The zero-order chi connectivity index (χ0) is 17.2. The van der Waals surface area contributed by atoms with Crippen molar-refractivity contribution in [1.29, 1.82) is 0 Å². The molecule has 0 unspecified atom stereocenters. The summed E-state index contributed by atoms with van der Waals surface area (Å²) < 4.78 is 52.1. The summed E-state index contributed by atoms with van der Waals surface area (Å²) in [6.07, 6.45) is -4.86. The van der Waals surface area contributed by atoms with Gasteiger partial charge in [-0.1, -0.05) is 18.2 Å². The molecule has 0 aliphatic heterocycles. The molecule has 0 aliphatic rings. The van der Waals surface area contributed by atoms with E-state index in [1.165, 1.54) is 7.05 Å². The number of alkyl halides is 3. The summed E-state index contributed by atoms with van der Waals surface area (Å²) in [5.41, 5.74) is -2.11. The van der Waals surface area contributed by atoms with Crippen LogP contribution in [0.2, 0.25) is 0 Å². The van der Waals surface area contributed by atoms with Crippen LogP contribution in [0.3, 0.4) is 0 Å². The van der Waals surface area contributed by atoms with E-state index in [9.17, 15) is 22.4 Å². The molecule has 0 saturated heterocycles. The number of nitrogens with one attached hydrogen (secondary N) is 1. The van der Waals surface area contributed by atoms with Crippen LogP contribution >= 0.6 is 0 Å². The summed E-state index contributed by atoms with van der Waals surface area (Å²) in [5.74, 6) is -2.42. The lowest BCUT2D eigenvalue weighted by molar-refractivity contribution is -0.140. The Morgan fingerprint density at radius 2 is 2.09 bits per heavy atom. The Bertz CT molecular complexity index is 686. The quantitative estimate of drug-likeness (QED) is 0.872. The first kappa shape index (κ1) is 16.8. The fourth-order valence-electron chi connectivity index (χ4n) is 2.08. The van der Waals surface area contributed by atoms with Gasteiger partial charge in [-0.05, 0) is 12.1 Å². The number of hydrogen-bond acceptors (Lipinski definition) is 4. The van der Waals surface area contributed by atoms with Crippen LogP contribution in [0, 0.1) is 5.82 Å². The molecule has 6 nitrogen and oxygen atoms in total. The van der Waals surface area contributed by atoms with Crippen molar-refractivity contribution in [2.24, 2.45) is 0 Å². The van der Waals surface area contributed by atoms with Gasteiger partial charge in [-0.3, -0.25) is 4.79 Å². The highest BCUT2D eigenvalue weighted by Gasteiger charge is 2.36. The van der Waals surface area contributed by atoms with Gasteiger partial charge in [0.25, 0.3) is 5.91 Å². The number of tetrazole rings is 1. The second kappa shape index (κ2) is 6.31. The van der Waals surface area contributed by atoms with E-state index in [0.29, 0.717) is 11.9 Å². The van der Waals surface area contributed by atoms with Crippen molar-refractivity contribution >= 4 is 5.91 Å². The number of halogens is 4. The third kappa shape index (κ3) is 3.63. The van der Waals surface area contributed by atoms with Crippen LogP contribution in [-0.2, 0) is 6.18 Å². The zero-order valence-electron chi connectivity index (χ0n) is 12.2. The van der Waals surface area contributed by atoms with Gasteiger partial charge in [0.15, 0.2) is 5.82 Å². The predicted octanol–water partition coefficient (Wildman–Crippen LogP) is 2.23. The van der Waals surface area contributed by atoms with Crippen molar-refractivity contribution in [3.8, 4) is 0 Å². The maximum absolute atomic E-state index is 14.0. The molecule has 2 aromatic rings. The van der Waals surface area contributed by atoms with Crippen molar-refractivity contribution < 1.29 is 22.4 Å². The zero-order valence-corrected chi connectivity index (χ0v) is 12.2. The molecule has 2 rings (SSSR count). The Hall–Kier alpha value is -2.52. The maximum atomic E-state index is 14.0. The lowest BCUT2D eigenvalue weighted by Crippen LogP contribution is -2.31. The van der Waals surface area contributed by atoms with E-state index in [-0.39, 0.29) is 12.5 Å². The molecule has 0 radical (unpaired) electrons. The van der Waals surface area contributed by atoms with Crippen LogP contribution < -0.4 is 0 Å². The minimum absolute atomic E-state index is 0.0913. The summed E-state index contributed by atoms with van der Waals surface area (Å²) in [4.78, 5) is 13.3. The smallest absolute Gasteiger partial charge is 0.341 e. The SMILES string of the molecule is C[C@@H](CN(C)C(=O)c1cccc(C(F)(F)F)c1F)c1nn[nH]n1. The van der Waals surface area contributed by atoms with E-state index in [0.717, 1.165) is 17.0 Å². The summed E-state index contributed by atoms with van der Waals surface area (Å²) in [7, 11) is 1.36. The first-order valence-electron chi connectivity index (χ1n) is 6.56. The number of amides is 1. The minimum Gasteiger partial charge on any atom is -0.341 e. The predicted molar refractivity (Wildman–Crippen MR) is 71.0 cm³/mol. The monoisotopic (exact) mass is 331 g/mol. The summed E-state index contributed by atoms with van der Waals surface area (Å²) in [6.45, 7) is 1.80. The van der Waals surface area contributed by atoms with E-state index in [1.54, 1.807) is 6.92 Å². The number of likely N-dealkylation sites (N-methyl/N-ethyl adjacent to an activating group) is 1. The summed E-state index contributed by atoms with van der Waals surface area (Å²) >= 11 is 0. The molecule has 0 spiro atoms. The molecule has 1 amide bonds. The standard InChI is InChI=1S/C13H13F4N5O/c1-7(11-18-20-21-19-11)6-22(2)12(23)8-4-3-5-9(10(8)14)13(15,16)17/h3-5,7H,6H2,1-2H3,(H,18,19,20,21)/t7-/m0/s1. The van der Waals surface area contributed by atoms with Gasteiger partial charge in [0, 0.05) is 19.5 Å². The van der Waals surface area contributed by atoms with Crippen molar-refractivity contribution in [1.82, 2.24) is 25.5 Å². The van der Waals surface area contributed by atoms with E-state index < -0.39 is 29.0 Å². The highest BCUT2D eigenvalue weighted by Crippen LogP contribution is 2.32. The van der Waals surface area contributed by atoms with Crippen LogP contribution in [0.25, 0.3) is 0 Å². The van der Waals surface area contributed by atoms with Crippen LogP contribution in [0.15, 0.2) is 18.2 Å². The molecule has 0 bridgehead atoms. The van der Waals surface area contributed by atoms with Gasteiger partial charge in [0.1, 0.15) is 5.82 Å². The van der Waals surface area contributed by atoms with Crippen LogP contribution in [0.4, 0.5) is 17.6 Å². The van der Waals surface area contributed by atoms with Crippen LogP contribution in [-0.4, -0.2) is 45.0 Å². The second-order valence-corrected chi connectivity index (χ2v) is 5.02. The van der Waals surface area contributed by atoms with E-state index in [4.69, 9.17) is 0 Å². The first-order valence-corrected chi connectivity index (χ1v) is 6.56. The van der Waals surface area contributed by atoms with Crippen molar-refractivity contribution in [2.75, 3.05) is 13.6 Å². The van der Waals surface area contributed by atoms with Gasteiger partial charge in [0.2, 0.25) is 0 Å². The minimum atomic E-state index is -4.86. The van der Waals surface area contributed by atoms with E-state index in [2.05, 4.69) is 20.6 Å². The van der Waals surface area contributed by atoms with Gasteiger partial charge < -0.3 is 4.90 Å². The molecule has 23 heavy (non-hydrogen) atoms.